The fraction of sp³-hybridized carbons (Fsp3) is 0.250. The zero-order chi connectivity index (χ0) is 19.5. The van der Waals surface area contributed by atoms with E-state index < -0.39 is 25.9 Å². The van der Waals surface area contributed by atoms with Crippen LogP contribution in [-0.2, 0) is 20.0 Å². The van der Waals surface area contributed by atoms with E-state index in [9.17, 15) is 21.2 Å². The SMILES string of the molecule is CCN(CC)S(=O)(=O)c1ccc(S(=O)(=O)Nc2ccc(F)cc2Cl)cc1. The zero-order valence-electron chi connectivity index (χ0n) is 14.1. The van der Waals surface area contributed by atoms with Crippen LogP contribution >= 0.6 is 11.6 Å². The van der Waals surface area contributed by atoms with E-state index in [0.717, 1.165) is 12.1 Å². The smallest absolute Gasteiger partial charge is 0.261 e. The lowest BCUT2D eigenvalue weighted by atomic mass is 10.3. The van der Waals surface area contributed by atoms with Gasteiger partial charge in [0.2, 0.25) is 10.0 Å². The first kappa shape index (κ1) is 20.6. The number of nitrogens with one attached hydrogen (secondary N) is 1. The molecule has 0 unspecified atom stereocenters. The van der Waals surface area contributed by atoms with E-state index in [4.69, 9.17) is 11.6 Å². The first-order chi connectivity index (χ1) is 12.1. The topological polar surface area (TPSA) is 83.6 Å². The molecular formula is C16H18ClFN2O4S2. The van der Waals surface area contributed by atoms with E-state index in [2.05, 4.69) is 4.72 Å². The van der Waals surface area contributed by atoms with Gasteiger partial charge in [0.25, 0.3) is 10.0 Å². The van der Waals surface area contributed by atoms with Crippen molar-refractivity contribution in [2.45, 2.75) is 23.6 Å². The molecule has 2 aromatic carbocycles. The first-order valence-electron chi connectivity index (χ1n) is 7.70. The van der Waals surface area contributed by atoms with Crippen LogP contribution in [0.3, 0.4) is 0 Å². The molecule has 0 spiro atoms. The molecule has 0 amide bonds. The molecule has 0 aliphatic carbocycles. The van der Waals surface area contributed by atoms with Crippen molar-refractivity contribution >= 4 is 37.3 Å². The summed E-state index contributed by atoms with van der Waals surface area (Å²) in [6.07, 6.45) is 0. The number of hydrogen-bond acceptors (Lipinski definition) is 4. The Morgan fingerprint density at radius 1 is 0.962 bits per heavy atom. The first-order valence-corrected chi connectivity index (χ1v) is 11.0. The van der Waals surface area contributed by atoms with Crippen LogP contribution in [0.1, 0.15) is 13.8 Å². The molecule has 0 atom stereocenters. The largest absolute Gasteiger partial charge is 0.278 e. The van der Waals surface area contributed by atoms with Gasteiger partial charge in [-0.15, -0.1) is 0 Å². The standard InChI is InChI=1S/C16H18ClFN2O4S2/c1-3-20(4-2)26(23,24)14-8-6-13(7-9-14)25(21,22)19-16-10-5-12(18)11-15(16)17/h5-11,19H,3-4H2,1-2H3. The Morgan fingerprint density at radius 2 is 1.50 bits per heavy atom. The maximum atomic E-state index is 13.1. The predicted molar refractivity (Wildman–Crippen MR) is 98.8 cm³/mol. The van der Waals surface area contributed by atoms with E-state index in [1.807, 2.05) is 0 Å². The number of benzene rings is 2. The van der Waals surface area contributed by atoms with Gasteiger partial charge in [-0.1, -0.05) is 25.4 Å². The van der Waals surface area contributed by atoms with E-state index in [1.165, 1.54) is 34.6 Å². The van der Waals surface area contributed by atoms with Crippen molar-refractivity contribution in [1.29, 1.82) is 0 Å². The number of rotatable bonds is 7. The Labute approximate surface area is 157 Å². The Bertz CT molecular complexity index is 989. The highest BCUT2D eigenvalue weighted by molar-refractivity contribution is 7.92. The van der Waals surface area contributed by atoms with E-state index in [1.54, 1.807) is 13.8 Å². The fourth-order valence-corrected chi connectivity index (χ4v) is 5.09. The van der Waals surface area contributed by atoms with Crippen molar-refractivity contribution in [3.05, 3.63) is 53.3 Å². The van der Waals surface area contributed by atoms with Gasteiger partial charge in [-0.2, -0.15) is 4.31 Å². The van der Waals surface area contributed by atoms with E-state index in [-0.39, 0.29) is 20.5 Å². The molecule has 2 rings (SSSR count). The van der Waals surface area contributed by atoms with Crippen LogP contribution in [0.4, 0.5) is 10.1 Å². The van der Waals surface area contributed by atoms with Crippen LogP contribution in [0.15, 0.2) is 52.3 Å². The quantitative estimate of drug-likeness (QED) is 0.744. The minimum Gasteiger partial charge on any atom is -0.278 e. The van der Waals surface area contributed by atoms with Crippen LogP contribution < -0.4 is 4.72 Å². The summed E-state index contributed by atoms with van der Waals surface area (Å²) in [6.45, 7) is 4.06. The van der Waals surface area contributed by atoms with Crippen LogP contribution in [0, 0.1) is 5.82 Å². The second-order valence-electron chi connectivity index (χ2n) is 5.29. The summed E-state index contributed by atoms with van der Waals surface area (Å²) in [6, 6.07) is 8.10. The van der Waals surface area contributed by atoms with Gasteiger partial charge in [-0.05, 0) is 42.5 Å². The van der Waals surface area contributed by atoms with Crippen LogP contribution in [0.2, 0.25) is 5.02 Å². The zero-order valence-corrected chi connectivity index (χ0v) is 16.5. The monoisotopic (exact) mass is 420 g/mol. The van der Waals surface area contributed by atoms with Gasteiger partial charge in [-0.3, -0.25) is 4.72 Å². The van der Waals surface area contributed by atoms with Crippen LogP contribution in [-0.4, -0.2) is 34.2 Å². The van der Waals surface area contributed by atoms with Crippen molar-refractivity contribution in [3.63, 3.8) is 0 Å². The van der Waals surface area contributed by atoms with Crippen molar-refractivity contribution in [2.24, 2.45) is 0 Å². The average Bonchev–Trinajstić information content (AvgIpc) is 2.58. The number of hydrogen-bond donors (Lipinski definition) is 1. The molecule has 2 aromatic rings. The number of sulfonamides is 2. The molecule has 1 N–H and O–H groups in total. The Balaban J connectivity index is 2.32. The minimum atomic E-state index is -4.01. The maximum Gasteiger partial charge on any atom is 0.261 e. The second-order valence-corrected chi connectivity index (χ2v) is 9.32. The normalized spacial score (nSPS) is 12.3. The molecule has 6 nitrogen and oxygen atoms in total. The molecule has 26 heavy (non-hydrogen) atoms. The fourth-order valence-electron chi connectivity index (χ4n) is 2.28. The lowest BCUT2D eigenvalue weighted by Crippen LogP contribution is -2.30. The summed E-state index contributed by atoms with van der Waals surface area (Å²) in [7, 11) is -7.69. The highest BCUT2D eigenvalue weighted by Gasteiger charge is 2.23. The number of halogens is 2. The number of nitrogens with zero attached hydrogens (tertiary/aromatic N) is 1. The lowest BCUT2D eigenvalue weighted by Gasteiger charge is -2.18. The molecule has 0 fully saturated rings. The summed E-state index contributed by atoms with van der Waals surface area (Å²) in [4.78, 5) is -0.142. The van der Waals surface area contributed by atoms with Gasteiger partial charge in [0.1, 0.15) is 5.82 Å². The van der Waals surface area contributed by atoms with Crippen LogP contribution in [0.25, 0.3) is 0 Å². The minimum absolute atomic E-state index is 0.0000328. The van der Waals surface area contributed by atoms with Gasteiger partial charge >= 0.3 is 0 Å². The molecule has 0 aromatic heterocycles. The third-order valence-corrected chi connectivity index (χ3v) is 7.41. The molecule has 0 aliphatic rings. The molecule has 142 valence electrons. The van der Waals surface area contributed by atoms with E-state index in [0.29, 0.717) is 13.1 Å². The highest BCUT2D eigenvalue weighted by atomic mass is 35.5. The van der Waals surface area contributed by atoms with Crippen LogP contribution in [0.5, 0.6) is 0 Å². The summed E-state index contributed by atoms with van der Waals surface area (Å²) in [5.41, 5.74) is 0.0212. The Hall–Kier alpha value is -1.68. The van der Waals surface area contributed by atoms with Gasteiger partial charge in [0, 0.05) is 13.1 Å². The highest BCUT2D eigenvalue weighted by Crippen LogP contribution is 2.26. The molecule has 0 heterocycles. The van der Waals surface area contributed by atoms with E-state index >= 15 is 0 Å². The molecule has 10 heteroatoms. The molecule has 0 saturated heterocycles. The Morgan fingerprint density at radius 3 is 2.00 bits per heavy atom. The second kappa shape index (κ2) is 7.91. The van der Waals surface area contributed by atoms with Gasteiger partial charge in [-0.25, -0.2) is 21.2 Å². The predicted octanol–water partition coefficient (Wildman–Crippen LogP) is 3.31. The lowest BCUT2D eigenvalue weighted by molar-refractivity contribution is 0.445. The summed E-state index contributed by atoms with van der Waals surface area (Å²) in [5.74, 6) is -0.594. The molecule has 0 aliphatic heterocycles. The van der Waals surface area contributed by atoms with Crippen molar-refractivity contribution in [2.75, 3.05) is 17.8 Å². The Kier molecular flexibility index (Phi) is 6.28. The summed E-state index contributed by atoms with van der Waals surface area (Å²) in [5, 5.41) is -0.0886. The molecule has 0 bridgehead atoms. The summed E-state index contributed by atoms with van der Waals surface area (Å²) < 4.78 is 66.3. The van der Waals surface area contributed by atoms with Crippen molar-refractivity contribution < 1.29 is 21.2 Å². The molecule has 0 radical (unpaired) electrons. The molecule has 0 saturated carbocycles. The third-order valence-electron chi connectivity index (χ3n) is 3.65. The summed E-state index contributed by atoms with van der Waals surface area (Å²) >= 11 is 5.82. The van der Waals surface area contributed by atoms with Gasteiger partial charge in [0.05, 0.1) is 20.5 Å². The number of anilines is 1. The van der Waals surface area contributed by atoms with Crippen molar-refractivity contribution in [1.82, 2.24) is 4.31 Å². The van der Waals surface area contributed by atoms with Gasteiger partial charge < -0.3 is 0 Å². The van der Waals surface area contributed by atoms with Gasteiger partial charge in [0.15, 0.2) is 0 Å². The third kappa shape index (κ3) is 4.35. The average molecular weight is 421 g/mol. The molecular weight excluding hydrogens is 403 g/mol. The maximum absolute atomic E-state index is 13.1. The van der Waals surface area contributed by atoms with Crippen molar-refractivity contribution in [3.8, 4) is 0 Å².